The first kappa shape index (κ1) is 15.0. The molecule has 0 bridgehead atoms. The number of hydrogen-bond donors (Lipinski definition) is 0. The van der Waals surface area contributed by atoms with E-state index in [0.29, 0.717) is 19.3 Å². The van der Waals surface area contributed by atoms with Crippen LogP contribution in [0, 0.1) is 0 Å². The van der Waals surface area contributed by atoms with Gasteiger partial charge in [-0.05, 0) is 18.4 Å². The van der Waals surface area contributed by atoms with Crippen LogP contribution in [0.2, 0.25) is 0 Å². The molecular formula is C17H25NO3. The van der Waals surface area contributed by atoms with Crippen LogP contribution in [0.15, 0.2) is 30.3 Å². The zero-order chi connectivity index (χ0) is 14.3. The molecule has 0 saturated carbocycles. The minimum Gasteiger partial charge on any atom is -0.381 e. The minimum atomic E-state index is 0.163. The molecule has 2 fully saturated rings. The van der Waals surface area contributed by atoms with Crippen LogP contribution in [0.5, 0.6) is 0 Å². The average molecular weight is 291 g/mol. The van der Waals surface area contributed by atoms with E-state index in [1.165, 1.54) is 5.56 Å². The van der Waals surface area contributed by atoms with Gasteiger partial charge in [0, 0.05) is 32.3 Å². The second-order valence-corrected chi connectivity index (χ2v) is 5.83. The first-order chi connectivity index (χ1) is 10.4. The van der Waals surface area contributed by atoms with E-state index in [1.807, 2.05) is 6.07 Å². The fourth-order valence-corrected chi connectivity index (χ4v) is 3.07. The molecule has 4 heteroatoms. The summed E-state index contributed by atoms with van der Waals surface area (Å²) in [5, 5.41) is 0. The first-order valence-electron chi connectivity index (χ1n) is 7.97. The summed E-state index contributed by atoms with van der Waals surface area (Å²) in [7, 11) is 0. The van der Waals surface area contributed by atoms with Crippen LogP contribution >= 0.6 is 0 Å². The molecule has 0 unspecified atom stereocenters. The topological polar surface area (TPSA) is 30.9 Å². The molecule has 2 aliphatic heterocycles. The van der Waals surface area contributed by atoms with Crippen LogP contribution in [0.4, 0.5) is 0 Å². The van der Waals surface area contributed by atoms with Crippen molar-refractivity contribution in [1.82, 2.24) is 4.90 Å². The van der Waals surface area contributed by atoms with Crippen LogP contribution in [-0.4, -0.2) is 56.6 Å². The fraction of sp³-hybridized carbons (Fsp3) is 0.647. The summed E-state index contributed by atoms with van der Waals surface area (Å²) in [4.78, 5) is 2.53. The molecule has 0 amide bonds. The molecule has 0 N–H and O–H groups in total. The Morgan fingerprint density at radius 1 is 1.05 bits per heavy atom. The molecule has 2 saturated heterocycles. The third-order valence-corrected chi connectivity index (χ3v) is 4.30. The Balaban J connectivity index is 1.52. The van der Waals surface area contributed by atoms with E-state index in [9.17, 15) is 0 Å². The third-order valence-electron chi connectivity index (χ3n) is 4.30. The Morgan fingerprint density at radius 3 is 2.67 bits per heavy atom. The maximum atomic E-state index is 6.07. The van der Waals surface area contributed by atoms with Crippen molar-refractivity contribution in [3.8, 4) is 0 Å². The highest BCUT2D eigenvalue weighted by Crippen LogP contribution is 2.17. The number of nitrogens with zero attached hydrogens (tertiary/aromatic N) is 1. The molecule has 21 heavy (non-hydrogen) atoms. The van der Waals surface area contributed by atoms with Gasteiger partial charge >= 0.3 is 0 Å². The van der Waals surface area contributed by atoms with Crippen molar-refractivity contribution < 1.29 is 14.2 Å². The third kappa shape index (κ3) is 4.51. The van der Waals surface area contributed by atoms with Gasteiger partial charge in [-0.2, -0.15) is 0 Å². The predicted octanol–water partition coefficient (Wildman–Crippen LogP) is 2.08. The normalized spacial score (nSPS) is 25.6. The van der Waals surface area contributed by atoms with Crippen molar-refractivity contribution in [2.24, 2.45) is 0 Å². The maximum absolute atomic E-state index is 6.07. The van der Waals surface area contributed by atoms with Gasteiger partial charge < -0.3 is 14.2 Å². The van der Waals surface area contributed by atoms with Gasteiger partial charge in [0.15, 0.2) is 0 Å². The summed E-state index contributed by atoms with van der Waals surface area (Å²) in [6.45, 7) is 5.92. The van der Waals surface area contributed by atoms with Gasteiger partial charge in [-0.15, -0.1) is 0 Å². The van der Waals surface area contributed by atoms with Crippen LogP contribution in [-0.2, 0) is 20.8 Å². The molecule has 0 aromatic heterocycles. The van der Waals surface area contributed by atoms with Crippen LogP contribution in [0.3, 0.4) is 0 Å². The smallest absolute Gasteiger partial charge is 0.0939 e. The Bertz CT molecular complexity index is 406. The molecule has 1 atom stereocenters. The highest BCUT2D eigenvalue weighted by molar-refractivity contribution is 5.13. The van der Waals surface area contributed by atoms with Gasteiger partial charge in [-0.1, -0.05) is 30.3 Å². The minimum absolute atomic E-state index is 0.163. The summed E-state index contributed by atoms with van der Waals surface area (Å²) >= 11 is 0. The Hall–Kier alpha value is -0.940. The Kier molecular flexibility index (Phi) is 5.63. The van der Waals surface area contributed by atoms with E-state index >= 15 is 0 Å². The van der Waals surface area contributed by atoms with E-state index < -0.39 is 0 Å². The molecule has 0 aliphatic carbocycles. The molecule has 116 valence electrons. The summed E-state index contributed by atoms with van der Waals surface area (Å²) in [5.41, 5.74) is 1.22. The number of hydrogen-bond acceptors (Lipinski definition) is 4. The SMILES string of the molecule is c1ccc(CO[C@H]2COCCN(C3CCOCC3)C2)cc1. The monoisotopic (exact) mass is 291 g/mol. The molecule has 3 rings (SSSR count). The lowest BCUT2D eigenvalue weighted by Gasteiger charge is -2.34. The molecule has 1 aromatic rings. The highest BCUT2D eigenvalue weighted by atomic mass is 16.5. The quantitative estimate of drug-likeness (QED) is 0.850. The summed E-state index contributed by atoms with van der Waals surface area (Å²) in [6, 6.07) is 11.0. The van der Waals surface area contributed by atoms with Gasteiger partial charge in [-0.3, -0.25) is 4.90 Å². The van der Waals surface area contributed by atoms with Gasteiger partial charge in [0.2, 0.25) is 0 Å². The Labute approximate surface area is 127 Å². The molecule has 4 nitrogen and oxygen atoms in total. The van der Waals surface area contributed by atoms with E-state index in [1.54, 1.807) is 0 Å². The second kappa shape index (κ2) is 7.90. The molecule has 0 radical (unpaired) electrons. The van der Waals surface area contributed by atoms with E-state index in [-0.39, 0.29) is 6.10 Å². The maximum Gasteiger partial charge on any atom is 0.0939 e. The van der Waals surface area contributed by atoms with Crippen molar-refractivity contribution in [1.29, 1.82) is 0 Å². The molecular weight excluding hydrogens is 266 g/mol. The zero-order valence-corrected chi connectivity index (χ0v) is 12.6. The van der Waals surface area contributed by atoms with Gasteiger partial charge in [-0.25, -0.2) is 0 Å². The first-order valence-corrected chi connectivity index (χ1v) is 7.97. The van der Waals surface area contributed by atoms with Crippen LogP contribution in [0.1, 0.15) is 18.4 Å². The van der Waals surface area contributed by atoms with E-state index in [2.05, 4.69) is 29.2 Å². The number of ether oxygens (including phenoxy) is 3. The standard InChI is InChI=1S/C17H25NO3/c1-2-4-15(5-3-1)13-21-17-12-18(8-11-20-14-17)16-6-9-19-10-7-16/h1-5,16-17H,6-14H2/t17-/m1/s1. The molecule has 0 spiro atoms. The molecule has 2 aliphatic rings. The van der Waals surface area contributed by atoms with Gasteiger partial charge in [0.1, 0.15) is 0 Å². The largest absolute Gasteiger partial charge is 0.381 e. The lowest BCUT2D eigenvalue weighted by Crippen LogP contribution is -2.44. The summed E-state index contributed by atoms with van der Waals surface area (Å²) < 4.78 is 17.3. The van der Waals surface area contributed by atoms with E-state index in [4.69, 9.17) is 14.2 Å². The van der Waals surface area contributed by atoms with Crippen LogP contribution in [0.25, 0.3) is 0 Å². The lowest BCUT2D eigenvalue weighted by molar-refractivity contribution is -0.0246. The number of rotatable bonds is 4. The molecule has 2 heterocycles. The fourth-order valence-electron chi connectivity index (χ4n) is 3.07. The van der Waals surface area contributed by atoms with Crippen molar-refractivity contribution in [3.05, 3.63) is 35.9 Å². The Morgan fingerprint density at radius 2 is 1.86 bits per heavy atom. The predicted molar refractivity (Wildman–Crippen MR) is 81.3 cm³/mol. The zero-order valence-electron chi connectivity index (χ0n) is 12.6. The summed E-state index contributed by atoms with van der Waals surface area (Å²) in [5.74, 6) is 0. The van der Waals surface area contributed by atoms with Crippen molar-refractivity contribution in [2.45, 2.75) is 31.6 Å². The molecule has 1 aromatic carbocycles. The van der Waals surface area contributed by atoms with Crippen molar-refractivity contribution in [3.63, 3.8) is 0 Å². The second-order valence-electron chi connectivity index (χ2n) is 5.83. The van der Waals surface area contributed by atoms with Crippen molar-refractivity contribution in [2.75, 3.05) is 39.5 Å². The van der Waals surface area contributed by atoms with E-state index in [0.717, 1.165) is 45.8 Å². The average Bonchev–Trinajstić information content (AvgIpc) is 2.80. The van der Waals surface area contributed by atoms with Gasteiger partial charge in [0.05, 0.1) is 25.9 Å². The number of benzene rings is 1. The van der Waals surface area contributed by atoms with Crippen molar-refractivity contribution >= 4 is 0 Å². The van der Waals surface area contributed by atoms with Gasteiger partial charge in [0.25, 0.3) is 0 Å². The van der Waals surface area contributed by atoms with Crippen LogP contribution < -0.4 is 0 Å². The lowest BCUT2D eigenvalue weighted by atomic mass is 10.1. The highest BCUT2D eigenvalue weighted by Gasteiger charge is 2.26. The summed E-state index contributed by atoms with van der Waals surface area (Å²) in [6.07, 6.45) is 2.42.